The summed E-state index contributed by atoms with van der Waals surface area (Å²) in [5, 5.41) is 4.35. The Kier molecular flexibility index (Phi) is 5.23. The Morgan fingerprint density at radius 1 is 0.957 bits per heavy atom. The number of nitrogens with one attached hydrogen (secondary N) is 1. The molecule has 0 aliphatic carbocycles. The van der Waals surface area contributed by atoms with Crippen LogP contribution in [0.3, 0.4) is 0 Å². The molecule has 1 aromatic heterocycles. The molecule has 1 N–H and O–H groups in total. The number of nitrogens with zero attached hydrogens (tertiary/aromatic N) is 3. The van der Waals surface area contributed by atoms with Crippen LogP contribution in [0.1, 0.15) is 31.4 Å². The standard InChI is InChI=1S/C17H20Cl2N4/c1-12-10-16(21-13-6-7-14(18)15(19)11-13)22-17(20-12)23-8-4-2-3-5-9-23/h6-7,10-11H,2-5,8-9H2,1H3,(H,20,21,22). The molecule has 2 heterocycles. The SMILES string of the molecule is Cc1cc(Nc2ccc(Cl)c(Cl)c2)nc(N2CCCCCC2)n1. The summed E-state index contributed by atoms with van der Waals surface area (Å²) in [5.74, 6) is 1.57. The lowest BCUT2D eigenvalue weighted by molar-refractivity contribution is 0.726. The minimum Gasteiger partial charge on any atom is -0.341 e. The first kappa shape index (κ1) is 16.3. The van der Waals surface area contributed by atoms with Gasteiger partial charge in [-0.15, -0.1) is 0 Å². The molecule has 6 heteroatoms. The fourth-order valence-electron chi connectivity index (χ4n) is 2.75. The zero-order valence-corrected chi connectivity index (χ0v) is 14.7. The second-order valence-corrected chi connectivity index (χ2v) is 6.66. The fourth-order valence-corrected chi connectivity index (χ4v) is 3.05. The summed E-state index contributed by atoms with van der Waals surface area (Å²) in [6.45, 7) is 4.04. The van der Waals surface area contributed by atoms with Crippen molar-refractivity contribution >= 4 is 40.7 Å². The Morgan fingerprint density at radius 3 is 2.39 bits per heavy atom. The highest BCUT2D eigenvalue weighted by Gasteiger charge is 2.14. The minimum atomic E-state index is 0.523. The summed E-state index contributed by atoms with van der Waals surface area (Å²) in [6, 6.07) is 7.39. The number of anilines is 3. The van der Waals surface area contributed by atoms with Gasteiger partial charge < -0.3 is 10.2 Å². The molecule has 1 saturated heterocycles. The molecule has 0 amide bonds. The summed E-state index contributed by atoms with van der Waals surface area (Å²) in [7, 11) is 0. The number of aromatic nitrogens is 2. The molecule has 23 heavy (non-hydrogen) atoms. The zero-order chi connectivity index (χ0) is 16.2. The molecule has 0 bridgehead atoms. The highest BCUT2D eigenvalue weighted by atomic mass is 35.5. The average Bonchev–Trinajstić information content (AvgIpc) is 2.80. The minimum absolute atomic E-state index is 0.523. The van der Waals surface area contributed by atoms with Gasteiger partial charge in [-0.1, -0.05) is 36.0 Å². The largest absolute Gasteiger partial charge is 0.341 e. The lowest BCUT2D eigenvalue weighted by Gasteiger charge is -2.21. The van der Waals surface area contributed by atoms with Crippen molar-refractivity contribution in [3.8, 4) is 0 Å². The van der Waals surface area contributed by atoms with Gasteiger partial charge in [-0.3, -0.25) is 0 Å². The van der Waals surface area contributed by atoms with Crippen molar-refractivity contribution < 1.29 is 0 Å². The van der Waals surface area contributed by atoms with Crippen molar-refractivity contribution in [3.63, 3.8) is 0 Å². The first-order chi connectivity index (χ1) is 11.1. The molecule has 0 radical (unpaired) electrons. The van der Waals surface area contributed by atoms with Gasteiger partial charge in [-0.25, -0.2) is 4.98 Å². The van der Waals surface area contributed by atoms with E-state index in [2.05, 4.69) is 20.2 Å². The highest BCUT2D eigenvalue weighted by Crippen LogP contribution is 2.27. The molecule has 3 rings (SSSR count). The predicted molar refractivity (Wildman–Crippen MR) is 97.2 cm³/mol. The van der Waals surface area contributed by atoms with E-state index in [0.717, 1.165) is 36.2 Å². The van der Waals surface area contributed by atoms with E-state index in [1.807, 2.05) is 19.1 Å². The van der Waals surface area contributed by atoms with Crippen LogP contribution < -0.4 is 10.2 Å². The Balaban J connectivity index is 1.83. The van der Waals surface area contributed by atoms with Gasteiger partial charge in [0.2, 0.25) is 5.95 Å². The second-order valence-electron chi connectivity index (χ2n) is 5.85. The molecular weight excluding hydrogens is 331 g/mol. The van der Waals surface area contributed by atoms with E-state index in [1.165, 1.54) is 25.7 Å². The molecular formula is C17H20Cl2N4. The van der Waals surface area contributed by atoms with Crippen LogP contribution in [0.2, 0.25) is 10.0 Å². The van der Waals surface area contributed by atoms with E-state index in [4.69, 9.17) is 23.2 Å². The number of halogens is 2. The van der Waals surface area contributed by atoms with Gasteiger partial charge in [-0.2, -0.15) is 4.98 Å². The summed E-state index contributed by atoms with van der Waals surface area (Å²) in [4.78, 5) is 11.6. The Hall–Kier alpha value is -1.52. The van der Waals surface area contributed by atoms with Crippen LogP contribution in [0.5, 0.6) is 0 Å². The number of rotatable bonds is 3. The Labute approximate surface area is 146 Å². The summed E-state index contributed by atoms with van der Waals surface area (Å²) >= 11 is 12.0. The smallest absolute Gasteiger partial charge is 0.227 e. The molecule has 0 saturated carbocycles. The van der Waals surface area contributed by atoms with Crippen molar-refractivity contribution in [2.75, 3.05) is 23.3 Å². The molecule has 0 spiro atoms. The maximum Gasteiger partial charge on any atom is 0.227 e. The predicted octanol–water partition coefficient (Wildman–Crippen LogP) is 5.22. The summed E-state index contributed by atoms with van der Waals surface area (Å²) in [6.07, 6.45) is 4.98. The van der Waals surface area contributed by atoms with E-state index >= 15 is 0 Å². The lowest BCUT2D eigenvalue weighted by Crippen LogP contribution is -2.26. The Bertz CT molecular complexity index is 682. The third-order valence-electron chi connectivity index (χ3n) is 3.92. The molecule has 0 atom stereocenters. The van der Waals surface area contributed by atoms with Gasteiger partial charge in [0, 0.05) is 30.5 Å². The molecule has 0 unspecified atom stereocenters. The van der Waals surface area contributed by atoms with Crippen molar-refractivity contribution in [1.29, 1.82) is 0 Å². The second kappa shape index (κ2) is 7.37. The summed E-state index contributed by atoms with van der Waals surface area (Å²) in [5.41, 5.74) is 1.81. The fraction of sp³-hybridized carbons (Fsp3) is 0.412. The number of hydrogen-bond donors (Lipinski definition) is 1. The number of aryl methyl sites for hydroxylation is 1. The first-order valence-corrected chi connectivity index (χ1v) is 8.70. The van der Waals surface area contributed by atoms with Crippen LogP contribution in [0, 0.1) is 6.92 Å². The van der Waals surface area contributed by atoms with Crippen molar-refractivity contribution in [2.45, 2.75) is 32.6 Å². The zero-order valence-electron chi connectivity index (χ0n) is 13.1. The lowest BCUT2D eigenvalue weighted by atomic mass is 10.2. The average molecular weight is 351 g/mol. The quantitative estimate of drug-likeness (QED) is 0.824. The molecule has 1 aromatic carbocycles. The Morgan fingerprint density at radius 2 is 1.70 bits per heavy atom. The van der Waals surface area contributed by atoms with E-state index in [1.54, 1.807) is 12.1 Å². The molecule has 4 nitrogen and oxygen atoms in total. The van der Waals surface area contributed by atoms with Gasteiger partial charge in [-0.05, 0) is 38.0 Å². The maximum absolute atomic E-state index is 6.07. The van der Waals surface area contributed by atoms with Crippen LogP contribution in [-0.4, -0.2) is 23.1 Å². The van der Waals surface area contributed by atoms with E-state index < -0.39 is 0 Å². The van der Waals surface area contributed by atoms with E-state index in [9.17, 15) is 0 Å². The van der Waals surface area contributed by atoms with Crippen LogP contribution in [0.4, 0.5) is 17.5 Å². The molecule has 1 aliphatic rings. The van der Waals surface area contributed by atoms with Crippen LogP contribution in [-0.2, 0) is 0 Å². The third-order valence-corrected chi connectivity index (χ3v) is 4.66. The topological polar surface area (TPSA) is 41.1 Å². The van der Waals surface area contributed by atoms with Gasteiger partial charge >= 0.3 is 0 Å². The first-order valence-electron chi connectivity index (χ1n) is 7.94. The maximum atomic E-state index is 6.07. The van der Waals surface area contributed by atoms with Gasteiger partial charge in [0.1, 0.15) is 5.82 Å². The molecule has 122 valence electrons. The normalized spacial score (nSPS) is 15.3. The third kappa shape index (κ3) is 4.27. The number of hydrogen-bond acceptors (Lipinski definition) is 4. The highest BCUT2D eigenvalue weighted by molar-refractivity contribution is 6.42. The molecule has 2 aromatic rings. The summed E-state index contributed by atoms with van der Waals surface area (Å²) < 4.78 is 0. The number of benzene rings is 1. The van der Waals surface area contributed by atoms with Crippen molar-refractivity contribution in [2.24, 2.45) is 0 Å². The van der Waals surface area contributed by atoms with Crippen LogP contribution in [0.25, 0.3) is 0 Å². The van der Waals surface area contributed by atoms with Gasteiger partial charge in [0.15, 0.2) is 0 Å². The molecule has 1 aliphatic heterocycles. The van der Waals surface area contributed by atoms with E-state index in [0.29, 0.717) is 10.0 Å². The monoisotopic (exact) mass is 350 g/mol. The van der Waals surface area contributed by atoms with Gasteiger partial charge in [0.05, 0.1) is 10.0 Å². The molecule has 1 fully saturated rings. The van der Waals surface area contributed by atoms with Crippen LogP contribution >= 0.6 is 23.2 Å². The van der Waals surface area contributed by atoms with E-state index in [-0.39, 0.29) is 0 Å². The van der Waals surface area contributed by atoms with Crippen molar-refractivity contribution in [1.82, 2.24) is 9.97 Å². The van der Waals surface area contributed by atoms with Gasteiger partial charge in [0.25, 0.3) is 0 Å². The van der Waals surface area contributed by atoms with Crippen molar-refractivity contribution in [3.05, 3.63) is 40.0 Å². The van der Waals surface area contributed by atoms with Crippen LogP contribution in [0.15, 0.2) is 24.3 Å².